The second-order valence-corrected chi connectivity index (χ2v) is 9.19. The molecule has 0 aliphatic heterocycles. The van der Waals surface area contributed by atoms with Crippen LogP contribution in [-0.4, -0.2) is 5.97 Å². The van der Waals surface area contributed by atoms with Crippen molar-refractivity contribution in [3.05, 3.63) is 125 Å². The Morgan fingerprint density at radius 2 is 1.24 bits per heavy atom. The van der Waals surface area contributed by atoms with Gasteiger partial charge in [0.1, 0.15) is 5.75 Å². The summed E-state index contributed by atoms with van der Waals surface area (Å²) in [5, 5.41) is 5.04. The maximum Gasteiger partial charge on any atom is 0.315 e. The average molecular weight is 427 g/mol. The maximum absolute atomic E-state index is 13.6. The first-order valence-corrected chi connectivity index (χ1v) is 11.6. The van der Waals surface area contributed by atoms with Crippen LogP contribution in [0, 0.1) is 5.92 Å². The summed E-state index contributed by atoms with van der Waals surface area (Å²) in [5.41, 5.74) is 5.35. The number of carbonyl (C=O) groups is 1. The quantitative estimate of drug-likeness (QED) is 0.220. The first-order chi connectivity index (χ1) is 16.3. The Morgan fingerprint density at radius 3 is 1.97 bits per heavy atom. The molecule has 0 amide bonds. The zero-order chi connectivity index (χ0) is 21.9. The van der Waals surface area contributed by atoms with Crippen LogP contribution < -0.4 is 4.74 Å². The summed E-state index contributed by atoms with van der Waals surface area (Å²) in [6.45, 7) is 0. The minimum atomic E-state index is -0.206. The smallest absolute Gasteiger partial charge is 0.315 e. The van der Waals surface area contributed by atoms with E-state index in [1.807, 2.05) is 30.3 Å². The van der Waals surface area contributed by atoms with Crippen molar-refractivity contribution in [2.75, 3.05) is 0 Å². The molecular weight excluding hydrogens is 404 g/mol. The minimum absolute atomic E-state index is 0.00748. The number of hydrogen-bond donors (Lipinski definition) is 0. The Morgan fingerprint density at radius 1 is 0.636 bits per heavy atom. The van der Waals surface area contributed by atoms with Crippen molar-refractivity contribution in [3.63, 3.8) is 0 Å². The van der Waals surface area contributed by atoms with Gasteiger partial charge in [-0.1, -0.05) is 91.0 Å². The Bertz CT molecular complexity index is 1550. The van der Waals surface area contributed by atoms with Crippen molar-refractivity contribution in [1.29, 1.82) is 0 Å². The second kappa shape index (κ2) is 7.05. The van der Waals surface area contributed by atoms with Crippen LogP contribution in [0.4, 0.5) is 0 Å². The third-order valence-electron chi connectivity index (χ3n) is 7.54. The highest BCUT2D eigenvalue weighted by Gasteiger charge is 2.48. The molecule has 0 saturated heterocycles. The summed E-state index contributed by atoms with van der Waals surface area (Å²) >= 11 is 0. The van der Waals surface area contributed by atoms with Crippen LogP contribution in [0.15, 0.2) is 103 Å². The molecule has 158 valence electrons. The topological polar surface area (TPSA) is 26.3 Å². The molecule has 3 aliphatic carbocycles. The Labute approximate surface area is 192 Å². The predicted molar refractivity (Wildman–Crippen MR) is 132 cm³/mol. The van der Waals surface area contributed by atoms with E-state index in [2.05, 4.69) is 72.8 Å². The van der Waals surface area contributed by atoms with Crippen molar-refractivity contribution < 1.29 is 9.53 Å². The van der Waals surface area contributed by atoms with Gasteiger partial charge in [-0.25, -0.2) is 0 Å². The highest BCUT2D eigenvalue weighted by molar-refractivity contribution is 5.95. The van der Waals surface area contributed by atoms with Crippen LogP contribution >= 0.6 is 0 Å². The lowest BCUT2D eigenvalue weighted by molar-refractivity contribution is -0.140. The molecule has 0 aromatic heterocycles. The van der Waals surface area contributed by atoms with Gasteiger partial charge in [0.25, 0.3) is 0 Å². The van der Waals surface area contributed by atoms with Crippen molar-refractivity contribution in [2.45, 2.75) is 18.3 Å². The average Bonchev–Trinajstić information content (AvgIpc) is 2.88. The largest absolute Gasteiger partial charge is 0.426 e. The molecule has 0 heterocycles. The zero-order valence-electron chi connectivity index (χ0n) is 18.1. The molecule has 0 fully saturated rings. The molecule has 2 heteroatoms. The second-order valence-electron chi connectivity index (χ2n) is 9.19. The summed E-state index contributed by atoms with van der Waals surface area (Å²) in [5.74, 6) is 0.451. The predicted octanol–water partition coefficient (Wildman–Crippen LogP) is 7.20. The van der Waals surface area contributed by atoms with Crippen LogP contribution in [0.3, 0.4) is 0 Å². The normalized spacial score (nSPS) is 20.4. The standard InChI is InChI=1S/C31H22O2/c32-31(33-21-10-2-1-3-11-21)27-18-26-24-16-14-20-9-5-7-13-23(20)29(24)30(27)25-17-15-19-8-4-6-12-22(19)28(25)26/h1-17,26-27,30H,18H2. The van der Waals surface area contributed by atoms with Crippen molar-refractivity contribution >= 4 is 27.5 Å². The molecule has 0 spiro atoms. The van der Waals surface area contributed by atoms with Gasteiger partial charge in [0.05, 0.1) is 5.92 Å². The van der Waals surface area contributed by atoms with Crippen molar-refractivity contribution in [3.8, 4) is 5.75 Å². The van der Waals surface area contributed by atoms with Gasteiger partial charge in [-0.3, -0.25) is 4.79 Å². The lowest BCUT2D eigenvalue weighted by Gasteiger charge is -2.45. The number of benzene rings is 5. The van der Waals surface area contributed by atoms with E-state index >= 15 is 0 Å². The number of esters is 1. The first-order valence-electron chi connectivity index (χ1n) is 11.6. The zero-order valence-corrected chi connectivity index (χ0v) is 18.1. The van der Waals surface area contributed by atoms with E-state index in [9.17, 15) is 4.79 Å². The number of carbonyl (C=O) groups excluding carboxylic acids is 1. The summed E-state index contributed by atoms with van der Waals surface area (Å²) in [4.78, 5) is 13.6. The van der Waals surface area contributed by atoms with Crippen LogP contribution in [0.25, 0.3) is 21.5 Å². The molecule has 3 atom stereocenters. The highest BCUT2D eigenvalue weighted by atomic mass is 16.5. The van der Waals surface area contributed by atoms with Crippen molar-refractivity contribution in [1.82, 2.24) is 0 Å². The van der Waals surface area contributed by atoms with E-state index in [4.69, 9.17) is 4.74 Å². The Balaban J connectivity index is 1.46. The molecule has 0 saturated carbocycles. The number of fused-ring (bicyclic) bond motifs is 3. The van der Waals surface area contributed by atoms with Gasteiger partial charge in [-0.15, -0.1) is 0 Å². The van der Waals surface area contributed by atoms with Crippen LogP contribution in [0.1, 0.15) is 40.5 Å². The first kappa shape index (κ1) is 18.6. The molecular formula is C31H22O2. The van der Waals surface area contributed by atoms with Gasteiger partial charge in [-0.05, 0) is 62.4 Å². The van der Waals surface area contributed by atoms with Gasteiger partial charge in [-0.2, -0.15) is 0 Å². The molecule has 3 aliphatic rings. The van der Waals surface area contributed by atoms with E-state index in [-0.39, 0.29) is 23.7 Å². The number of rotatable bonds is 2. The third-order valence-corrected chi connectivity index (χ3v) is 7.54. The summed E-state index contributed by atoms with van der Waals surface area (Å²) in [7, 11) is 0. The summed E-state index contributed by atoms with van der Waals surface area (Å²) in [6.07, 6.45) is 0.780. The molecule has 0 radical (unpaired) electrons. The molecule has 5 aromatic rings. The Kier molecular flexibility index (Phi) is 3.98. The molecule has 0 N–H and O–H groups in total. The van der Waals surface area contributed by atoms with E-state index in [0.717, 1.165) is 6.42 Å². The molecule has 8 rings (SSSR count). The Hall–Kier alpha value is -3.91. The number of hydrogen-bond acceptors (Lipinski definition) is 2. The molecule has 3 unspecified atom stereocenters. The molecule has 5 aromatic carbocycles. The van der Waals surface area contributed by atoms with Crippen LogP contribution in [0.2, 0.25) is 0 Å². The number of ether oxygens (including phenoxy) is 1. The van der Waals surface area contributed by atoms with E-state index < -0.39 is 0 Å². The SMILES string of the molecule is O=C(Oc1ccccc1)C1CC2c3ccc4ccccc4c3C1c1ccc3ccccc3c12. The molecule has 2 bridgehead atoms. The van der Waals surface area contributed by atoms with Gasteiger partial charge in [0, 0.05) is 11.8 Å². The fourth-order valence-electron chi connectivity index (χ4n) is 6.21. The van der Waals surface area contributed by atoms with E-state index in [1.165, 1.54) is 43.8 Å². The fraction of sp³-hybridized carbons (Fsp3) is 0.129. The van der Waals surface area contributed by atoms with Crippen LogP contribution in [-0.2, 0) is 4.79 Å². The van der Waals surface area contributed by atoms with E-state index in [1.54, 1.807) is 0 Å². The van der Waals surface area contributed by atoms with E-state index in [0.29, 0.717) is 5.75 Å². The summed E-state index contributed by atoms with van der Waals surface area (Å²) in [6, 6.07) is 35.6. The van der Waals surface area contributed by atoms with Crippen LogP contribution in [0.5, 0.6) is 5.75 Å². The number of para-hydroxylation sites is 1. The van der Waals surface area contributed by atoms with Gasteiger partial charge in [0.15, 0.2) is 0 Å². The lowest BCUT2D eigenvalue weighted by atomic mass is 9.57. The van der Waals surface area contributed by atoms with Gasteiger partial charge < -0.3 is 4.74 Å². The maximum atomic E-state index is 13.6. The minimum Gasteiger partial charge on any atom is -0.426 e. The third kappa shape index (κ3) is 2.70. The van der Waals surface area contributed by atoms with Gasteiger partial charge >= 0.3 is 5.97 Å². The summed E-state index contributed by atoms with van der Waals surface area (Å²) < 4.78 is 5.90. The highest BCUT2D eigenvalue weighted by Crippen LogP contribution is 2.58. The lowest BCUT2D eigenvalue weighted by Crippen LogP contribution is -2.38. The van der Waals surface area contributed by atoms with Gasteiger partial charge in [0.2, 0.25) is 0 Å². The molecule has 33 heavy (non-hydrogen) atoms. The fourth-order valence-corrected chi connectivity index (χ4v) is 6.21. The monoisotopic (exact) mass is 426 g/mol. The molecule has 2 nitrogen and oxygen atoms in total. The van der Waals surface area contributed by atoms with Crippen molar-refractivity contribution in [2.24, 2.45) is 5.92 Å².